The molecule has 0 unspecified atom stereocenters. The Hall–Kier alpha value is -1.50. The first-order valence-corrected chi connectivity index (χ1v) is 18.5. The van der Waals surface area contributed by atoms with Crippen molar-refractivity contribution in [3.8, 4) is 0 Å². The van der Waals surface area contributed by atoms with E-state index in [4.69, 9.17) is 32.5 Å². The Kier molecular flexibility index (Phi) is 13.5. The molecule has 0 radical (unpaired) electrons. The Balaban J connectivity index is 2.23. The van der Waals surface area contributed by atoms with Crippen molar-refractivity contribution >= 4 is 11.7 Å². The van der Waals surface area contributed by atoms with Gasteiger partial charge in [0.05, 0.1) is 53.4 Å². The van der Waals surface area contributed by atoms with Crippen LogP contribution in [0.5, 0.6) is 0 Å². The van der Waals surface area contributed by atoms with Gasteiger partial charge in [0.2, 0.25) is 0 Å². The van der Waals surface area contributed by atoms with Gasteiger partial charge in [0.15, 0.2) is 12.6 Å². The van der Waals surface area contributed by atoms with Crippen molar-refractivity contribution in [1.29, 1.82) is 0 Å². The second-order valence-electron chi connectivity index (χ2n) is 16.2. The monoisotopic (exact) mass is 751 g/mol. The van der Waals surface area contributed by atoms with Crippen LogP contribution in [0.4, 0.5) is 0 Å². The van der Waals surface area contributed by atoms with Crippen molar-refractivity contribution in [2.24, 2.45) is 28.8 Å². The van der Waals surface area contributed by atoms with E-state index in [0.717, 1.165) is 4.90 Å². The maximum absolute atomic E-state index is 14.2. The lowest BCUT2D eigenvalue weighted by molar-refractivity contribution is -0.317. The maximum Gasteiger partial charge on any atom is 0.311 e. The van der Waals surface area contributed by atoms with Crippen LogP contribution in [0.1, 0.15) is 99.0 Å². The number of nitrogens with zero attached hydrogens (tertiary/aromatic N) is 2. The van der Waals surface area contributed by atoms with Gasteiger partial charge in [-0.25, -0.2) is 0 Å². The highest BCUT2D eigenvalue weighted by Crippen LogP contribution is 2.41. The highest BCUT2D eigenvalue weighted by Gasteiger charge is 2.53. The molecule has 0 bridgehead atoms. The number of carbonyl (C=O) groups is 1. The smallest absolute Gasteiger partial charge is 0.311 e. The number of oxime groups is 1. The summed E-state index contributed by atoms with van der Waals surface area (Å²) in [4.78, 5) is 15.2. The van der Waals surface area contributed by atoms with Crippen LogP contribution in [-0.2, 0) is 33.2 Å². The number of methoxy groups -OCH3 is 1. The molecule has 6 N–H and O–H groups in total. The van der Waals surface area contributed by atoms with Crippen molar-refractivity contribution in [3.63, 3.8) is 0 Å². The molecule has 0 saturated carbocycles. The highest BCUT2D eigenvalue weighted by molar-refractivity contribution is 5.88. The highest BCUT2D eigenvalue weighted by atomic mass is 16.7. The zero-order chi connectivity index (χ0) is 42.2. The SMILES string of the molecule is [2H]C([2H])([2H])N(C)[C@H]1C[C@@H](C)O[C@@H](O[C@@H]2[C@@H](C)[C@H](O[C@H]3C[C@@](C)(OC)[C@@H](O)[C@H](C)O3)[C@@H](C)C(=O)O[C@H](CC)[C@@](C)(O)[C@H](O)[C@@H](C)/C(=N\O)[C@H](C)C[C@@]2(C)O)[C@@H]1O. The van der Waals surface area contributed by atoms with Gasteiger partial charge in [0.1, 0.15) is 23.9 Å². The quantitative estimate of drug-likeness (QED) is 0.125. The van der Waals surface area contributed by atoms with E-state index in [2.05, 4.69) is 5.16 Å². The van der Waals surface area contributed by atoms with E-state index in [9.17, 15) is 35.5 Å². The molecule has 15 heteroatoms. The molecule has 3 saturated heterocycles. The lowest BCUT2D eigenvalue weighted by atomic mass is 9.73. The lowest BCUT2D eigenvalue weighted by Gasteiger charge is -2.49. The van der Waals surface area contributed by atoms with Gasteiger partial charge in [-0.1, -0.05) is 32.9 Å². The van der Waals surface area contributed by atoms with Crippen LogP contribution in [0.25, 0.3) is 0 Å². The predicted octanol–water partition coefficient (Wildman–Crippen LogP) is 2.05. The summed E-state index contributed by atoms with van der Waals surface area (Å²) in [6.07, 6.45) is -11.6. The predicted molar refractivity (Wildman–Crippen MR) is 190 cm³/mol. The summed E-state index contributed by atoms with van der Waals surface area (Å²) < 4.78 is 60.9. The summed E-state index contributed by atoms with van der Waals surface area (Å²) in [7, 11) is 2.82. The molecule has 3 aliphatic heterocycles. The molecule has 3 aliphatic rings. The number of rotatable bonds is 7. The molecule has 0 aromatic rings. The van der Waals surface area contributed by atoms with Gasteiger partial charge in [0, 0.05) is 41.4 Å². The molecule has 3 fully saturated rings. The third-order valence-corrected chi connectivity index (χ3v) is 11.8. The van der Waals surface area contributed by atoms with Crippen LogP contribution in [0.3, 0.4) is 0 Å². The molecular formula is C37H68N2O13. The molecule has 15 nitrogen and oxygen atoms in total. The number of hydrogen-bond donors (Lipinski definition) is 6. The van der Waals surface area contributed by atoms with E-state index >= 15 is 0 Å². The Morgan fingerprint density at radius 1 is 0.981 bits per heavy atom. The minimum Gasteiger partial charge on any atom is -0.459 e. The molecule has 0 aromatic carbocycles. The summed E-state index contributed by atoms with van der Waals surface area (Å²) in [5.41, 5.74) is -4.97. The van der Waals surface area contributed by atoms with Gasteiger partial charge >= 0.3 is 5.97 Å². The van der Waals surface area contributed by atoms with Crippen LogP contribution in [0.15, 0.2) is 5.16 Å². The maximum atomic E-state index is 14.2. The fraction of sp³-hybridized carbons (Fsp3) is 0.946. The summed E-state index contributed by atoms with van der Waals surface area (Å²) >= 11 is 0. The number of hydrogen-bond acceptors (Lipinski definition) is 15. The zero-order valence-corrected chi connectivity index (χ0v) is 32.9. The molecular weight excluding hydrogens is 680 g/mol. The Bertz CT molecular complexity index is 1310. The summed E-state index contributed by atoms with van der Waals surface area (Å²) in [5.74, 6) is -4.65. The third kappa shape index (κ3) is 9.47. The normalized spacial score (nSPS) is 50.9. The minimum atomic E-state index is -2.55. The second kappa shape index (κ2) is 17.5. The van der Waals surface area contributed by atoms with Crippen LogP contribution in [-0.4, -0.2) is 153 Å². The minimum absolute atomic E-state index is 0.0384. The third-order valence-electron chi connectivity index (χ3n) is 11.8. The molecule has 3 rings (SSSR count). The topological polar surface area (TPSA) is 209 Å². The number of ether oxygens (including phenoxy) is 6. The summed E-state index contributed by atoms with van der Waals surface area (Å²) in [5, 5.41) is 72.0. The van der Waals surface area contributed by atoms with E-state index in [1.165, 1.54) is 28.0 Å². The van der Waals surface area contributed by atoms with Crippen molar-refractivity contribution in [2.45, 2.75) is 179 Å². The summed E-state index contributed by atoms with van der Waals surface area (Å²) in [6, 6.07) is -0.926. The number of cyclic esters (lactones) is 1. The Morgan fingerprint density at radius 3 is 2.17 bits per heavy atom. The van der Waals surface area contributed by atoms with E-state index in [0.29, 0.717) is 0 Å². The lowest BCUT2D eigenvalue weighted by Crippen LogP contribution is -2.61. The number of esters is 1. The average molecular weight is 752 g/mol. The molecule has 0 spiro atoms. The zero-order valence-electron chi connectivity index (χ0n) is 35.9. The van der Waals surface area contributed by atoms with Gasteiger partial charge in [-0.15, -0.1) is 0 Å². The van der Waals surface area contributed by atoms with Crippen molar-refractivity contribution < 1.29 is 68.1 Å². The molecule has 0 amide bonds. The molecule has 304 valence electrons. The number of aliphatic hydroxyl groups excluding tert-OH is 3. The van der Waals surface area contributed by atoms with Gasteiger partial charge in [-0.2, -0.15) is 0 Å². The van der Waals surface area contributed by atoms with Crippen LogP contribution in [0.2, 0.25) is 0 Å². The van der Waals surface area contributed by atoms with E-state index in [1.54, 1.807) is 55.4 Å². The van der Waals surface area contributed by atoms with E-state index < -0.39 is 121 Å². The number of carbonyl (C=O) groups excluding carboxylic acids is 1. The first-order chi connectivity index (χ1) is 25.2. The first-order valence-electron chi connectivity index (χ1n) is 20.0. The Morgan fingerprint density at radius 2 is 1.62 bits per heavy atom. The fourth-order valence-corrected chi connectivity index (χ4v) is 8.48. The second-order valence-corrected chi connectivity index (χ2v) is 16.2. The van der Waals surface area contributed by atoms with Crippen molar-refractivity contribution in [2.75, 3.05) is 21.1 Å². The largest absolute Gasteiger partial charge is 0.459 e. The van der Waals surface area contributed by atoms with Gasteiger partial charge in [-0.05, 0) is 74.8 Å². The standard InChI is InChI=1S/C37H68N2O13/c1-14-25-37(10,45)30(41)20(4)27(38-46)18(2)16-35(8,44)32(52-34-28(40)24(39(11)12)15-19(3)48-34)21(5)29(22(6)33(43)50-25)51-26-17-36(9,47-13)31(42)23(7)49-26/h18-26,28-32,34,40-42,44-46H,14-17H2,1-13H3/b38-27-/t18-,19-,20+,21+,22-,23+,24+,25-,26+,28-,29+,30-,31+,32-,34+,35-,36-,37-/m1/s1/i11D3. The average Bonchev–Trinajstić information content (AvgIpc) is 3.09. The fourth-order valence-electron chi connectivity index (χ4n) is 8.48. The number of aliphatic hydroxyl groups is 5. The molecule has 3 heterocycles. The number of likely N-dealkylation sites (N-methyl/N-ethyl adjacent to an activating group) is 1. The first kappa shape index (κ1) is 40.2. The van der Waals surface area contributed by atoms with Crippen molar-refractivity contribution in [3.05, 3.63) is 0 Å². The van der Waals surface area contributed by atoms with Gasteiger partial charge in [-0.3, -0.25) is 4.79 Å². The van der Waals surface area contributed by atoms with Crippen molar-refractivity contribution in [1.82, 2.24) is 4.90 Å². The molecule has 0 aliphatic carbocycles. The Labute approximate surface area is 313 Å². The molecule has 0 aromatic heterocycles. The summed E-state index contributed by atoms with van der Waals surface area (Å²) in [6.45, 7) is 13.4. The van der Waals surface area contributed by atoms with Crippen LogP contribution >= 0.6 is 0 Å². The van der Waals surface area contributed by atoms with Gasteiger partial charge in [0.25, 0.3) is 0 Å². The van der Waals surface area contributed by atoms with E-state index in [-0.39, 0.29) is 31.4 Å². The molecule has 18 atom stereocenters. The molecule has 52 heavy (non-hydrogen) atoms. The van der Waals surface area contributed by atoms with E-state index in [1.807, 2.05) is 0 Å². The van der Waals surface area contributed by atoms with Crippen LogP contribution < -0.4 is 0 Å². The van der Waals surface area contributed by atoms with Crippen LogP contribution in [0, 0.1) is 23.7 Å². The van der Waals surface area contributed by atoms with Gasteiger partial charge < -0.3 is 64.1 Å².